The minimum atomic E-state index is -0.546. The van der Waals surface area contributed by atoms with Gasteiger partial charge >= 0.3 is 0 Å². The molecule has 2 aromatic rings. The monoisotopic (exact) mass is 282 g/mol. The van der Waals surface area contributed by atoms with E-state index in [2.05, 4.69) is 0 Å². The number of hydrogen-bond donors (Lipinski definition) is 1. The fourth-order valence-corrected chi connectivity index (χ4v) is 2.98. The summed E-state index contributed by atoms with van der Waals surface area (Å²) < 4.78 is 6.09. The van der Waals surface area contributed by atoms with E-state index in [0.29, 0.717) is 11.3 Å². The Kier molecular flexibility index (Phi) is 2.84. The fraction of sp³-hybridized carbons (Fsp3) is 0.278. The summed E-state index contributed by atoms with van der Waals surface area (Å²) in [6.45, 7) is 7.18. The Hall–Kier alpha value is -2.29. The van der Waals surface area contributed by atoms with Gasteiger partial charge in [-0.2, -0.15) is 0 Å². The maximum absolute atomic E-state index is 12.0. The summed E-state index contributed by atoms with van der Waals surface area (Å²) >= 11 is 0. The minimum Gasteiger partial charge on any atom is -0.507 e. The van der Waals surface area contributed by atoms with Crippen LogP contribution in [0, 0.1) is 6.92 Å². The van der Waals surface area contributed by atoms with Gasteiger partial charge < -0.3 is 9.84 Å². The molecular formula is C18H18O3. The van der Waals surface area contributed by atoms with Crippen molar-refractivity contribution in [3.63, 3.8) is 0 Å². The molecule has 0 aromatic heterocycles. The van der Waals surface area contributed by atoms with Crippen LogP contribution < -0.4 is 4.74 Å². The molecule has 0 aliphatic carbocycles. The van der Waals surface area contributed by atoms with Gasteiger partial charge in [0.05, 0.1) is 0 Å². The molecule has 1 heterocycles. The molecule has 0 spiro atoms. The number of hydrogen-bond acceptors (Lipinski definition) is 3. The number of ether oxygens (including phenoxy) is 1. The first-order valence-electron chi connectivity index (χ1n) is 6.99. The molecule has 21 heavy (non-hydrogen) atoms. The molecule has 108 valence electrons. The molecule has 0 unspecified atom stereocenters. The molecule has 3 rings (SSSR count). The van der Waals surface area contributed by atoms with Gasteiger partial charge in [-0.05, 0) is 44.9 Å². The molecule has 0 bridgehead atoms. The molecule has 0 atom stereocenters. The highest BCUT2D eigenvalue weighted by Gasteiger charge is 2.35. The lowest BCUT2D eigenvalue weighted by Crippen LogP contribution is -2.30. The second kappa shape index (κ2) is 4.35. The summed E-state index contributed by atoms with van der Waals surface area (Å²) in [5.74, 6) is 0.299. The average Bonchev–Trinajstić information content (AvgIpc) is 2.41. The molecule has 0 saturated carbocycles. The number of benzene rings is 2. The SMILES string of the molecule is CC(=O)c1c(O)c(C)cc2c1OC(C)(C)c1ccccc1-2. The number of phenols is 1. The van der Waals surface area contributed by atoms with Crippen molar-refractivity contribution in [1.29, 1.82) is 0 Å². The van der Waals surface area contributed by atoms with Crippen molar-refractivity contribution in [3.8, 4) is 22.6 Å². The number of carbonyl (C=O) groups excluding carboxylic acids is 1. The number of ketones is 1. The number of phenolic OH excluding ortho intramolecular Hbond substituents is 1. The highest BCUT2D eigenvalue weighted by Crippen LogP contribution is 2.49. The third-order valence-electron chi connectivity index (χ3n) is 4.02. The molecule has 0 amide bonds. The molecule has 0 radical (unpaired) electrons. The molecule has 1 N–H and O–H groups in total. The number of fused-ring (bicyclic) bond motifs is 3. The van der Waals surface area contributed by atoms with Gasteiger partial charge in [0, 0.05) is 11.1 Å². The van der Waals surface area contributed by atoms with Crippen LogP contribution in [0.4, 0.5) is 0 Å². The Labute approximate surface area is 124 Å². The van der Waals surface area contributed by atoms with Gasteiger partial charge in [-0.1, -0.05) is 24.3 Å². The summed E-state index contributed by atoms with van der Waals surface area (Å²) in [6.07, 6.45) is 0. The van der Waals surface area contributed by atoms with Gasteiger partial charge in [0.25, 0.3) is 0 Å². The minimum absolute atomic E-state index is 0.0106. The molecular weight excluding hydrogens is 264 g/mol. The van der Waals surface area contributed by atoms with Crippen LogP contribution >= 0.6 is 0 Å². The van der Waals surface area contributed by atoms with Crippen LogP contribution in [0.3, 0.4) is 0 Å². The molecule has 3 heteroatoms. The lowest BCUT2D eigenvalue weighted by Gasteiger charge is -2.36. The quantitative estimate of drug-likeness (QED) is 0.797. The molecule has 0 saturated heterocycles. The normalized spacial score (nSPS) is 14.9. The molecule has 1 aliphatic heterocycles. The largest absolute Gasteiger partial charge is 0.507 e. The van der Waals surface area contributed by atoms with Crippen LogP contribution in [0.2, 0.25) is 0 Å². The fourth-order valence-electron chi connectivity index (χ4n) is 2.98. The lowest BCUT2D eigenvalue weighted by molar-refractivity contribution is 0.0939. The first-order chi connectivity index (χ1) is 9.83. The zero-order chi connectivity index (χ0) is 15.4. The summed E-state index contributed by atoms with van der Waals surface area (Å²) in [5, 5.41) is 10.2. The van der Waals surface area contributed by atoms with E-state index in [1.807, 2.05) is 44.2 Å². The van der Waals surface area contributed by atoms with Gasteiger partial charge in [0.15, 0.2) is 5.78 Å². The van der Waals surface area contributed by atoms with E-state index in [9.17, 15) is 9.90 Å². The molecule has 2 aromatic carbocycles. The van der Waals surface area contributed by atoms with Crippen molar-refractivity contribution in [3.05, 3.63) is 47.0 Å². The maximum atomic E-state index is 12.0. The van der Waals surface area contributed by atoms with Gasteiger partial charge in [-0.3, -0.25) is 4.79 Å². The Bertz CT molecular complexity index is 757. The van der Waals surface area contributed by atoms with Crippen molar-refractivity contribution >= 4 is 5.78 Å². The first kappa shape index (κ1) is 13.7. The second-order valence-corrected chi connectivity index (χ2v) is 6.01. The van der Waals surface area contributed by atoms with Gasteiger partial charge in [0.2, 0.25) is 0 Å². The highest BCUT2D eigenvalue weighted by molar-refractivity contribution is 6.03. The first-order valence-corrected chi connectivity index (χ1v) is 6.99. The Morgan fingerprint density at radius 2 is 1.86 bits per heavy atom. The van der Waals surface area contributed by atoms with Crippen LogP contribution in [-0.4, -0.2) is 10.9 Å². The second-order valence-electron chi connectivity index (χ2n) is 6.01. The van der Waals surface area contributed by atoms with Crippen LogP contribution in [0.5, 0.6) is 11.5 Å². The third-order valence-corrected chi connectivity index (χ3v) is 4.02. The smallest absolute Gasteiger partial charge is 0.167 e. The van der Waals surface area contributed by atoms with Crippen molar-refractivity contribution in [2.75, 3.05) is 0 Å². The molecule has 0 fully saturated rings. The zero-order valence-electron chi connectivity index (χ0n) is 12.7. The van der Waals surface area contributed by atoms with Crippen LogP contribution in [0.1, 0.15) is 42.3 Å². The van der Waals surface area contributed by atoms with Gasteiger partial charge in [-0.15, -0.1) is 0 Å². The van der Waals surface area contributed by atoms with Crippen molar-refractivity contribution in [1.82, 2.24) is 0 Å². The average molecular weight is 282 g/mol. The summed E-state index contributed by atoms with van der Waals surface area (Å²) in [6, 6.07) is 9.89. The predicted octanol–water partition coefficient (Wildman–Crippen LogP) is 4.20. The Balaban J connectivity index is 2.42. The van der Waals surface area contributed by atoms with Crippen LogP contribution in [0.15, 0.2) is 30.3 Å². The molecule has 1 aliphatic rings. The third kappa shape index (κ3) is 1.92. The summed E-state index contributed by atoms with van der Waals surface area (Å²) in [4.78, 5) is 12.0. The van der Waals surface area contributed by atoms with Crippen LogP contribution in [0.25, 0.3) is 11.1 Å². The van der Waals surface area contributed by atoms with Gasteiger partial charge in [-0.25, -0.2) is 0 Å². The summed E-state index contributed by atoms with van der Waals surface area (Å²) in [7, 11) is 0. The van der Waals surface area contributed by atoms with Crippen molar-refractivity contribution < 1.29 is 14.6 Å². The molecule has 3 nitrogen and oxygen atoms in total. The van der Waals surface area contributed by atoms with E-state index in [1.165, 1.54) is 6.92 Å². The number of rotatable bonds is 1. The van der Waals surface area contributed by atoms with E-state index >= 15 is 0 Å². The predicted molar refractivity (Wildman–Crippen MR) is 81.9 cm³/mol. The lowest BCUT2D eigenvalue weighted by atomic mass is 9.84. The highest BCUT2D eigenvalue weighted by atomic mass is 16.5. The summed E-state index contributed by atoms with van der Waals surface area (Å²) in [5.41, 5.74) is 3.40. The maximum Gasteiger partial charge on any atom is 0.167 e. The zero-order valence-corrected chi connectivity index (χ0v) is 12.7. The van der Waals surface area contributed by atoms with Gasteiger partial charge in [0.1, 0.15) is 22.7 Å². The van der Waals surface area contributed by atoms with E-state index in [0.717, 1.165) is 16.7 Å². The standard InChI is InChI=1S/C18H18O3/c1-10-9-13-12-7-5-6-8-14(12)18(3,4)21-17(13)15(11(2)19)16(10)20/h5-9,20H,1-4H3. The van der Waals surface area contributed by atoms with Crippen molar-refractivity contribution in [2.24, 2.45) is 0 Å². The number of aryl methyl sites for hydroxylation is 1. The van der Waals surface area contributed by atoms with E-state index in [1.54, 1.807) is 6.92 Å². The van der Waals surface area contributed by atoms with E-state index < -0.39 is 5.60 Å². The topological polar surface area (TPSA) is 46.5 Å². The Morgan fingerprint density at radius 1 is 1.19 bits per heavy atom. The van der Waals surface area contributed by atoms with E-state index in [-0.39, 0.29) is 17.1 Å². The van der Waals surface area contributed by atoms with Crippen LogP contribution in [-0.2, 0) is 5.60 Å². The van der Waals surface area contributed by atoms with E-state index in [4.69, 9.17) is 4.74 Å². The number of aromatic hydroxyl groups is 1. The Morgan fingerprint density at radius 3 is 2.52 bits per heavy atom. The number of Topliss-reactive ketones (excluding diaryl/α,β-unsaturated/α-hetero) is 1. The number of carbonyl (C=O) groups is 1. The van der Waals surface area contributed by atoms with Crippen molar-refractivity contribution in [2.45, 2.75) is 33.3 Å².